The van der Waals surface area contributed by atoms with E-state index in [2.05, 4.69) is 6.92 Å². The first kappa shape index (κ1) is 12.4. The summed E-state index contributed by atoms with van der Waals surface area (Å²) in [6.45, 7) is 6.45. The monoisotopic (exact) mass is 250 g/mol. The molecule has 100 valence electrons. The van der Waals surface area contributed by atoms with Crippen molar-refractivity contribution >= 4 is 5.78 Å². The molecular weight excluding hydrogens is 228 g/mol. The highest BCUT2D eigenvalue weighted by atomic mass is 16.5. The molecule has 0 spiro atoms. The van der Waals surface area contributed by atoms with Crippen molar-refractivity contribution < 1.29 is 14.6 Å². The van der Waals surface area contributed by atoms with E-state index in [1.807, 2.05) is 13.8 Å². The average Bonchev–Trinajstić information content (AvgIpc) is 2.60. The Balaban J connectivity index is 2.07. The largest absolute Gasteiger partial charge is 0.387 e. The Bertz CT molecular complexity index is 435. The van der Waals surface area contributed by atoms with E-state index >= 15 is 0 Å². The highest BCUT2D eigenvalue weighted by molar-refractivity contribution is 5.97. The predicted octanol–water partition coefficient (Wildman–Crippen LogP) is 2.23. The molecule has 0 bridgehead atoms. The van der Waals surface area contributed by atoms with Gasteiger partial charge in [-0.3, -0.25) is 4.79 Å². The normalized spacial score (nSPS) is 48.1. The summed E-state index contributed by atoms with van der Waals surface area (Å²) in [5.74, 6) is 0.416. The van der Waals surface area contributed by atoms with Crippen molar-refractivity contribution in [2.75, 3.05) is 6.61 Å². The molecule has 1 heterocycles. The third kappa shape index (κ3) is 1.53. The van der Waals surface area contributed by atoms with E-state index in [4.69, 9.17) is 4.74 Å². The van der Waals surface area contributed by atoms with Crippen LogP contribution >= 0.6 is 0 Å². The minimum Gasteiger partial charge on any atom is -0.387 e. The Hall–Kier alpha value is -0.670. The molecule has 3 heteroatoms. The van der Waals surface area contributed by atoms with Crippen LogP contribution in [-0.2, 0) is 9.53 Å². The summed E-state index contributed by atoms with van der Waals surface area (Å²) >= 11 is 0. The van der Waals surface area contributed by atoms with Crippen LogP contribution in [0, 0.1) is 11.3 Å². The quantitative estimate of drug-likeness (QED) is 0.717. The summed E-state index contributed by atoms with van der Waals surface area (Å²) in [7, 11) is 0. The summed E-state index contributed by atoms with van der Waals surface area (Å²) < 4.78 is 5.87. The van der Waals surface area contributed by atoms with Gasteiger partial charge in [-0.15, -0.1) is 0 Å². The zero-order valence-electron chi connectivity index (χ0n) is 11.5. The molecule has 1 saturated heterocycles. The van der Waals surface area contributed by atoms with Gasteiger partial charge >= 0.3 is 0 Å². The first-order valence-corrected chi connectivity index (χ1v) is 6.94. The van der Waals surface area contributed by atoms with Crippen LogP contribution in [0.3, 0.4) is 0 Å². The molecule has 1 saturated carbocycles. The Morgan fingerprint density at radius 2 is 2.06 bits per heavy atom. The standard InChI is InChI=1S/C15H22O3/c1-9-11(16)5-7-14(2)6-4-10-13(12(9)14)18-8-15(10,3)17/h10,13,17H,4-8H2,1-3H3/t10-,13-,14-,15+/m0/s1. The molecule has 4 atom stereocenters. The van der Waals surface area contributed by atoms with Crippen LogP contribution in [-0.4, -0.2) is 29.2 Å². The molecule has 1 N–H and O–H groups in total. The lowest BCUT2D eigenvalue weighted by Crippen LogP contribution is -2.45. The molecule has 0 radical (unpaired) electrons. The van der Waals surface area contributed by atoms with Crippen LogP contribution in [0.4, 0.5) is 0 Å². The van der Waals surface area contributed by atoms with Crippen molar-refractivity contribution in [2.45, 2.75) is 58.2 Å². The Labute approximate surface area is 108 Å². The summed E-state index contributed by atoms with van der Waals surface area (Å²) in [6.07, 6.45) is 3.63. The Morgan fingerprint density at radius 1 is 1.33 bits per heavy atom. The van der Waals surface area contributed by atoms with Gasteiger partial charge in [0, 0.05) is 12.3 Å². The molecule has 0 aromatic rings. The molecule has 3 rings (SSSR count). The van der Waals surface area contributed by atoms with Crippen molar-refractivity contribution in [1.82, 2.24) is 0 Å². The van der Waals surface area contributed by atoms with Crippen molar-refractivity contribution in [3.63, 3.8) is 0 Å². The molecule has 0 aromatic carbocycles. The fourth-order valence-electron chi connectivity index (χ4n) is 4.16. The number of Topliss-reactive ketones (excluding diaryl/α,β-unsaturated/α-hetero) is 1. The maximum atomic E-state index is 12.0. The van der Waals surface area contributed by atoms with E-state index in [0.29, 0.717) is 13.0 Å². The van der Waals surface area contributed by atoms with E-state index in [1.165, 1.54) is 5.57 Å². The molecule has 18 heavy (non-hydrogen) atoms. The molecule has 3 nitrogen and oxygen atoms in total. The highest BCUT2D eigenvalue weighted by Gasteiger charge is 2.55. The molecule has 2 fully saturated rings. The minimum absolute atomic E-state index is 0.0389. The van der Waals surface area contributed by atoms with E-state index in [9.17, 15) is 9.90 Å². The van der Waals surface area contributed by atoms with Gasteiger partial charge in [-0.1, -0.05) is 6.92 Å². The number of carbonyl (C=O) groups excluding carboxylic acids is 1. The van der Waals surface area contributed by atoms with Gasteiger partial charge in [-0.05, 0) is 49.7 Å². The summed E-state index contributed by atoms with van der Waals surface area (Å²) in [6, 6.07) is 0. The zero-order valence-corrected chi connectivity index (χ0v) is 11.5. The van der Waals surface area contributed by atoms with Gasteiger partial charge in [0.15, 0.2) is 5.78 Å². The van der Waals surface area contributed by atoms with Crippen LogP contribution in [0.2, 0.25) is 0 Å². The molecule has 0 aromatic heterocycles. The lowest BCUT2D eigenvalue weighted by molar-refractivity contribution is -0.117. The third-order valence-corrected chi connectivity index (χ3v) is 5.39. The van der Waals surface area contributed by atoms with Crippen LogP contribution in [0.5, 0.6) is 0 Å². The van der Waals surface area contributed by atoms with Crippen LogP contribution < -0.4 is 0 Å². The summed E-state index contributed by atoms with van der Waals surface area (Å²) in [4.78, 5) is 12.0. The number of carbonyl (C=O) groups is 1. The molecule has 3 aliphatic rings. The van der Waals surface area contributed by atoms with Gasteiger partial charge in [0.25, 0.3) is 0 Å². The van der Waals surface area contributed by atoms with Gasteiger partial charge in [0.05, 0.1) is 18.3 Å². The summed E-state index contributed by atoms with van der Waals surface area (Å²) in [5, 5.41) is 10.4. The van der Waals surface area contributed by atoms with Gasteiger partial charge in [-0.2, -0.15) is 0 Å². The van der Waals surface area contributed by atoms with E-state index in [-0.39, 0.29) is 23.2 Å². The second-order valence-electron chi connectivity index (χ2n) is 6.76. The smallest absolute Gasteiger partial charge is 0.158 e. The predicted molar refractivity (Wildman–Crippen MR) is 68.1 cm³/mol. The van der Waals surface area contributed by atoms with Crippen molar-refractivity contribution in [1.29, 1.82) is 0 Å². The first-order chi connectivity index (χ1) is 8.35. The number of fused-ring (bicyclic) bond motifs is 3. The van der Waals surface area contributed by atoms with Crippen LogP contribution in [0.15, 0.2) is 11.1 Å². The van der Waals surface area contributed by atoms with Gasteiger partial charge in [0.1, 0.15) is 0 Å². The average molecular weight is 250 g/mol. The van der Waals surface area contributed by atoms with Crippen molar-refractivity contribution in [3.8, 4) is 0 Å². The second-order valence-corrected chi connectivity index (χ2v) is 6.76. The number of ketones is 1. The number of aliphatic hydroxyl groups is 1. The van der Waals surface area contributed by atoms with E-state index in [0.717, 1.165) is 24.8 Å². The topological polar surface area (TPSA) is 46.5 Å². The Morgan fingerprint density at radius 3 is 2.78 bits per heavy atom. The summed E-state index contributed by atoms with van der Waals surface area (Å²) in [5.41, 5.74) is 1.46. The van der Waals surface area contributed by atoms with Crippen molar-refractivity contribution in [3.05, 3.63) is 11.1 Å². The van der Waals surface area contributed by atoms with Crippen LogP contribution in [0.1, 0.15) is 46.5 Å². The van der Waals surface area contributed by atoms with Gasteiger partial charge in [0.2, 0.25) is 0 Å². The van der Waals surface area contributed by atoms with E-state index < -0.39 is 5.60 Å². The number of allylic oxidation sites excluding steroid dienone is 1. The molecule has 2 aliphatic carbocycles. The molecule has 0 amide bonds. The van der Waals surface area contributed by atoms with Gasteiger partial charge in [-0.25, -0.2) is 0 Å². The second kappa shape index (κ2) is 3.67. The number of hydrogen-bond acceptors (Lipinski definition) is 3. The maximum absolute atomic E-state index is 12.0. The number of rotatable bonds is 0. The lowest BCUT2D eigenvalue weighted by atomic mass is 9.59. The number of hydrogen-bond donors (Lipinski definition) is 1. The van der Waals surface area contributed by atoms with Gasteiger partial charge < -0.3 is 9.84 Å². The van der Waals surface area contributed by atoms with Crippen LogP contribution in [0.25, 0.3) is 0 Å². The molecule has 0 unspecified atom stereocenters. The SMILES string of the molecule is CC1=C2[C@H]3OC[C@@](C)(O)[C@H]3CC[C@@]2(C)CCC1=O. The fourth-order valence-corrected chi connectivity index (χ4v) is 4.16. The molecular formula is C15H22O3. The van der Waals surface area contributed by atoms with Crippen molar-refractivity contribution in [2.24, 2.45) is 11.3 Å². The zero-order chi connectivity index (χ0) is 13.1. The van der Waals surface area contributed by atoms with E-state index in [1.54, 1.807) is 0 Å². The highest BCUT2D eigenvalue weighted by Crippen LogP contribution is 2.55. The molecule has 1 aliphatic heterocycles. The minimum atomic E-state index is -0.736. The lowest BCUT2D eigenvalue weighted by Gasteiger charge is -2.47. The number of ether oxygens (including phenoxy) is 1. The Kier molecular flexibility index (Phi) is 2.52. The fraction of sp³-hybridized carbons (Fsp3) is 0.800. The third-order valence-electron chi connectivity index (χ3n) is 5.39. The first-order valence-electron chi connectivity index (χ1n) is 6.94. The maximum Gasteiger partial charge on any atom is 0.158 e.